The molecule has 0 saturated carbocycles. The molecule has 0 aliphatic rings. The molecule has 170 valence electrons. The summed E-state index contributed by atoms with van der Waals surface area (Å²) in [5.74, 6) is 0.908. The summed E-state index contributed by atoms with van der Waals surface area (Å²) in [7, 11) is 3.25. The van der Waals surface area contributed by atoms with Crippen LogP contribution in [0.15, 0.2) is 72.8 Å². The SMILES string of the molecule is COc1cc(CN(C)CC(O)COc2ccc(-c3ccccc3)cc2)ccc1OC(F)F. The number of halogens is 2. The van der Waals surface area contributed by atoms with E-state index in [0.717, 1.165) is 16.7 Å². The third-order valence-corrected chi connectivity index (χ3v) is 4.82. The number of aliphatic hydroxyl groups is 1. The number of aliphatic hydroxyl groups excluding tert-OH is 1. The van der Waals surface area contributed by atoms with Crippen LogP contribution in [-0.4, -0.2) is 50.0 Å². The van der Waals surface area contributed by atoms with Crippen molar-refractivity contribution < 1.29 is 28.1 Å². The number of methoxy groups -OCH3 is 1. The van der Waals surface area contributed by atoms with Crippen molar-refractivity contribution in [3.63, 3.8) is 0 Å². The highest BCUT2D eigenvalue weighted by Gasteiger charge is 2.14. The van der Waals surface area contributed by atoms with Crippen molar-refractivity contribution in [2.75, 3.05) is 27.3 Å². The number of ether oxygens (including phenoxy) is 3. The lowest BCUT2D eigenvalue weighted by molar-refractivity contribution is -0.0512. The highest BCUT2D eigenvalue weighted by molar-refractivity contribution is 5.63. The molecule has 0 amide bonds. The molecule has 1 unspecified atom stereocenters. The Balaban J connectivity index is 1.48. The van der Waals surface area contributed by atoms with Crippen LogP contribution in [0.1, 0.15) is 5.56 Å². The van der Waals surface area contributed by atoms with Crippen LogP contribution in [0.4, 0.5) is 8.78 Å². The van der Waals surface area contributed by atoms with Gasteiger partial charge in [-0.3, -0.25) is 4.90 Å². The van der Waals surface area contributed by atoms with Crippen molar-refractivity contribution in [2.45, 2.75) is 19.3 Å². The molecular weight excluding hydrogens is 416 g/mol. The number of hydrogen-bond donors (Lipinski definition) is 1. The molecule has 1 N–H and O–H groups in total. The van der Waals surface area contributed by atoms with Gasteiger partial charge in [0.2, 0.25) is 0 Å². The highest BCUT2D eigenvalue weighted by Crippen LogP contribution is 2.30. The van der Waals surface area contributed by atoms with E-state index in [1.807, 2.05) is 66.5 Å². The van der Waals surface area contributed by atoms with Crippen molar-refractivity contribution >= 4 is 0 Å². The molecule has 5 nitrogen and oxygen atoms in total. The molecule has 0 bridgehead atoms. The largest absolute Gasteiger partial charge is 0.493 e. The quantitative estimate of drug-likeness (QED) is 0.460. The maximum Gasteiger partial charge on any atom is 0.387 e. The molecule has 0 radical (unpaired) electrons. The minimum Gasteiger partial charge on any atom is -0.493 e. The third kappa shape index (κ3) is 6.93. The molecular formula is C25H27F2NO4. The first-order chi connectivity index (χ1) is 15.4. The fourth-order valence-corrected chi connectivity index (χ4v) is 3.36. The predicted octanol–water partition coefficient (Wildman–Crippen LogP) is 4.84. The Morgan fingerprint density at radius 3 is 2.25 bits per heavy atom. The van der Waals surface area contributed by atoms with Gasteiger partial charge in [-0.25, -0.2) is 0 Å². The van der Waals surface area contributed by atoms with E-state index in [0.29, 0.717) is 18.8 Å². The first kappa shape index (κ1) is 23.5. The van der Waals surface area contributed by atoms with Crippen LogP contribution < -0.4 is 14.2 Å². The Morgan fingerprint density at radius 2 is 1.59 bits per heavy atom. The van der Waals surface area contributed by atoms with E-state index in [2.05, 4.69) is 4.74 Å². The summed E-state index contributed by atoms with van der Waals surface area (Å²) in [4.78, 5) is 1.91. The number of rotatable bonds is 11. The molecule has 3 aromatic carbocycles. The van der Waals surface area contributed by atoms with Gasteiger partial charge in [0.15, 0.2) is 11.5 Å². The van der Waals surface area contributed by atoms with Crippen molar-refractivity contribution in [1.29, 1.82) is 0 Å². The Morgan fingerprint density at radius 1 is 0.906 bits per heavy atom. The zero-order valence-corrected chi connectivity index (χ0v) is 18.1. The van der Waals surface area contributed by atoms with E-state index < -0.39 is 12.7 Å². The Bertz CT molecular complexity index is 967. The standard InChI is InChI=1S/C25H27F2NO4/c1-28(15-18-8-13-23(32-25(26)27)24(14-18)30-2)16-21(29)17-31-22-11-9-20(10-12-22)19-6-4-3-5-7-19/h3-14,21,25,29H,15-17H2,1-2H3. The minimum absolute atomic E-state index is 0.0133. The molecule has 0 heterocycles. The first-order valence-corrected chi connectivity index (χ1v) is 10.2. The van der Waals surface area contributed by atoms with Gasteiger partial charge >= 0.3 is 6.61 Å². The predicted molar refractivity (Wildman–Crippen MR) is 119 cm³/mol. The molecule has 7 heteroatoms. The molecule has 3 rings (SSSR count). The molecule has 0 saturated heterocycles. The summed E-state index contributed by atoms with van der Waals surface area (Å²) in [6.45, 7) is -1.89. The van der Waals surface area contributed by atoms with Crippen LogP contribution in [0.25, 0.3) is 11.1 Å². The van der Waals surface area contributed by atoms with Gasteiger partial charge < -0.3 is 19.3 Å². The van der Waals surface area contributed by atoms with E-state index in [-0.39, 0.29) is 18.1 Å². The second kappa shape index (κ2) is 11.5. The molecule has 0 fully saturated rings. The highest BCUT2D eigenvalue weighted by atomic mass is 19.3. The third-order valence-electron chi connectivity index (χ3n) is 4.82. The number of alkyl halides is 2. The lowest BCUT2D eigenvalue weighted by atomic mass is 10.1. The zero-order valence-electron chi connectivity index (χ0n) is 18.1. The average molecular weight is 443 g/mol. The molecule has 0 spiro atoms. The van der Waals surface area contributed by atoms with Gasteiger partial charge in [-0.1, -0.05) is 48.5 Å². The molecule has 1 atom stereocenters. The van der Waals surface area contributed by atoms with Gasteiger partial charge in [0, 0.05) is 13.1 Å². The summed E-state index contributed by atoms with van der Waals surface area (Å²) >= 11 is 0. The lowest BCUT2D eigenvalue weighted by Gasteiger charge is -2.21. The van der Waals surface area contributed by atoms with Crippen molar-refractivity contribution in [2.24, 2.45) is 0 Å². The monoisotopic (exact) mass is 443 g/mol. The van der Waals surface area contributed by atoms with Crippen LogP contribution in [0.2, 0.25) is 0 Å². The summed E-state index contributed by atoms with van der Waals surface area (Å²) < 4.78 is 40.2. The van der Waals surface area contributed by atoms with Crippen molar-refractivity contribution in [3.8, 4) is 28.4 Å². The Kier molecular flexibility index (Phi) is 8.41. The van der Waals surface area contributed by atoms with Gasteiger partial charge in [0.05, 0.1) is 7.11 Å². The summed E-state index contributed by atoms with van der Waals surface area (Å²) in [6.07, 6.45) is -0.697. The van der Waals surface area contributed by atoms with Gasteiger partial charge in [-0.2, -0.15) is 8.78 Å². The van der Waals surface area contributed by atoms with Crippen molar-refractivity contribution in [3.05, 3.63) is 78.4 Å². The Hall–Kier alpha value is -3.16. The van der Waals surface area contributed by atoms with Crippen LogP contribution in [0.5, 0.6) is 17.2 Å². The number of nitrogens with zero attached hydrogens (tertiary/aromatic N) is 1. The summed E-state index contributed by atoms with van der Waals surface area (Å²) in [6, 6.07) is 22.6. The van der Waals surface area contributed by atoms with Crippen molar-refractivity contribution in [1.82, 2.24) is 4.90 Å². The smallest absolute Gasteiger partial charge is 0.387 e. The van der Waals surface area contributed by atoms with Gasteiger partial charge in [-0.05, 0) is 48.0 Å². The second-order valence-electron chi connectivity index (χ2n) is 7.42. The van der Waals surface area contributed by atoms with Crippen LogP contribution >= 0.6 is 0 Å². The fourth-order valence-electron chi connectivity index (χ4n) is 3.36. The summed E-state index contributed by atoms with van der Waals surface area (Å²) in [5, 5.41) is 10.3. The van der Waals surface area contributed by atoms with Crippen LogP contribution in [0.3, 0.4) is 0 Å². The van der Waals surface area contributed by atoms with E-state index in [4.69, 9.17) is 9.47 Å². The maximum atomic E-state index is 12.5. The van der Waals surface area contributed by atoms with Gasteiger partial charge in [-0.15, -0.1) is 0 Å². The van der Waals surface area contributed by atoms with E-state index in [9.17, 15) is 13.9 Å². The second-order valence-corrected chi connectivity index (χ2v) is 7.42. The number of hydrogen-bond acceptors (Lipinski definition) is 5. The van der Waals surface area contributed by atoms with Crippen LogP contribution in [0, 0.1) is 0 Å². The zero-order chi connectivity index (χ0) is 22.9. The van der Waals surface area contributed by atoms with E-state index >= 15 is 0 Å². The normalized spacial score (nSPS) is 12.1. The molecule has 0 aliphatic carbocycles. The molecule has 0 aliphatic heterocycles. The molecule has 0 aromatic heterocycles. The fraction of sp³-hybridized carbons (Fsp3) is 0.280. The molecule has 3 aromatic rings. The molecule has 32 heavy (non-hydrogen) atoms. The minimum atomic E-state index is -2.91. The van der Waals surface area contributed by atoms with E-state index in [1.54, 1.807) is 12.1 Å². The Labute approximate surface area is 186 Å². The number of benzene rings is 3. The number of likely N-dealkylation sites (N-methyl/N-ethyl adjacent to an activating group) is 1. The average Bonchev–Trinajstić information content (AvgIpc) is 2.79. The van der Waals surface area contributed by atoms with Gasteiger partial charge in [0.25, 0.3) is 0 Å². The van der Waals surface area contributed by atoms with Gasteiger partial charge in [0.1, 0.15) is 18.5 Å². The first-order valence-electron chi connectivity index (χ1n) is 10.2. The summed E-state index contributed by atoms with van der Waals surface area (Å²) in [5.41, 5.74) is 3.07. The lowest BCUT2D eigenvalue weighted by Crippen LogP contribution is -2.32. The van der Waals surface area contributed by atoms with E-state index in [1.165, 1.54) is 13.2 Å². The topological polar surface area (TPSA) is 51.2 Å². The maximum absolute atomic E-state index is 12.5. The van der Waals surface area contributed by atoms with Crippen LogP contribution in [-0.2, 0) is 6.54 Å².